The maximum absolute atomic E-state index is 15.1. The maximum Gasteiger partial charge on any atom is 0.340 e. The van der Waals surface area contributed by atoms with E-state index in [1.807, 2.05) is 0 Å². The largest absolute Gasteiger partial charge is 0.465 e. The van der Waals surface area contributed by atoms with Gasteiger partial charge >= 0.3 is 41.8 Å². The van der Waals surface area contributed by atoms with Crippen LogP contribution in [0, 0.1) is 11.3 Å². The summed E-state index contributed by atoms with van der Waals surface area (Å²) in [6, 6.07) is 1.45. The van der Waals surface area contributed by atoms with Gasteiger partial charge in [0.15, 0.2) is 41.4 Å². The third-order valence-electron chi connectivity index (χ3n) is 10.8. The third kappa shape index (κ3) is 6.60. The van der Waals surface area contributed by atoms with Crippen LogP contribution in [0.15, 0.2) is 18.5 Å². The fraction of sp³-hybridized carbons (Fsp3) is 0.639. The van der Waals surface area contributed by atoms with E-state index in [9.17, 15) is 43.8 Å². The summed E-state index contributed by atoms with van der Waals surface area (Å²) in [6.07, 6.45) is -8.84. The van der Waals surface area contributed by atoms with Gasteiger partial charge in [-0.3, -0.25) is 33.8 Å². The number of aryl methyl sites for hydroxylation is 1. The second kappa shape index (κ2) is 14.2. The monoisotopic (exact) mass is 777 g/mol. The molecule has 4 bridgehead atoms. The fourth-order valence-corrected chi connectivity index (χ4v) is 8.62. The van der Waals surface area contributed by atoms with Crippen LogP contribution in [-0.2, 0) is 77.9 Å². The number of hydrogen-bond acceptors (Lipinski definition) is 19. The summed E-state index contributed by atoms with van der Waals surface area (Å²) in [6.45, 7) is 6.06. The quantitative estimate of drug-likeness (QED) is 0.275. The summed E-state index contributed by atoms with van der Waals surface area (Å²) in [4.78, 5) is 111. The predicted molar refractivity (Wildman–Crippen MR) is 176 cm³/mol. The highest BCUT2D eigenvalue weighted by Crippen LogP contribution is 2.69. The number of Topliss-reactive ketones (excluding diaryl/α,β-unsaturated/α-hetero) is 1. The van der Waals surface area contributed by atoms with E-state index >= 15 is 4.79 Å². The van der Waals surface area contributed by atoms with Crippen LogP contribution in [0.4, 0.5) is 0 Å². The van der Waals surface area contributed by atoms with Crippen LogP contribution in [0.2, 0.25) is 0 Å². The molecule has 3 fully saturated rings. The molecule has 2 aliphatic carbocycles. The lowest BCUT2D eigenvalue weighted by Crippen LogP contribution is -2.88. The first-order valence-corrected chi connectivity index (χ1v) is 17.3. The Kier molecular flexibility index (Phi) is 10.7. The molecule has 0 unspecified atom stereocenters. The van der Waals surface area contributed by atoms with Crippen molar-refractivity contribution in [2.75, 3.05) is 13.2 Å². The van der Waals surface area contributed by atoms with Crippen LogP contribution in [0.1, 0.15) is 77.7 Å². The molecule has 19 nitrogen and oxygen atoms in total. The molecular weight excluding hydrogens is 734 g/mol. The zero-order valence-electron chi connectivity index (χ0n) is 31.4. The summed E-state index contributed by atoms with van der Waals surface area (Å²) >= 11 is 0. The zero-order chi connectivity index (χ0) is 41.1. The van der Waals surface area contributed by atoms with Gasteiger partial charge in [0.05, 0.1) is 11.5 Å². The minimum atomic E-state index is -2.93. The van der Waals surface area contributed by atoms with Crippen molar-refractivity contribution in [1.82, 2.24) is 4.98 Å². The number of ketones is 1. The van der Waals surface area contributed by atoms with Gasteiger partial charge in [-0.15, -0.1) is 0 Å². The Labute approximate surface area is 314 Å². The minimum absolute atomic E-state index is 0.0929. The smallest absolute Gasteiger partial charge is 0.340 e. The average molecular weight is 778 g/mol. The normalized spacial score (nSPS) is 38.2. The zero-order valence-corrected chi connectivity index (χ0v) is 31.4. The lowest BCUT2D eigenvalue weighted by Gasteiger charge is -2.66. The molecule has 1 aromatic heterocycles. The summed E-state index contributed by atoms with van der Waals surface area (Å²) < 4.78 is 46.8. The standard InChI is InChI=1S/C36H43NO18/c1-16(38)48-15-35-27(52-19(4)41)24(43)23-26(51-18(3)40)36(35)34(8,47)28(25(50-17(2)39)29(35)53-20(5)42)54-31(45)32(6,46)11-9-21-10-12-37-13-22(21)30(44)49-14-33(23,7)55-36/h10,12-13,23,25-29,46-47H,9,11,14-15H2,1-8H3/t23-,25+,26-,27-,28+,29+,32-,33+,34+,35-,36+/m1/s1. The van der Waals surface area contributed by atoms with Gasteiger partial charge in [0, 0.05) is 47.0 Å². The van der Waals surface area contributed by atoms with Crippen molar-refractivity contribution in [2.24, 2.45) is 11.3 Å². The number of fused-ring (bicyclic) bond motifs is 5. The molecule has 19 heteroatoms. The van der Waals surface area contributed by atoms with E-state index in [2.05, 4.69) is 4.98 Å². The lowest BCUT2D eigenvalue weighted by atomic mass is 9.45. The second-order valence-corrected chi connectivity index (χ2v) is 14.8. The molecule has 3 heterocycles. The van der Waals surface area contributed by atoms with Crippen molar-refractivity contribution in [2.45, 2.75) is 121 Å². The SMILES string of the molecule is CC(=O)OC[C@]12[C@H](OC(C)=O)C(=O)[C@@H]3[C@@H](OC(C)=O)[C@@]14O[C@@]3(C)COC(=O)c1cnccc1CC[C@@](C)(O)C(=O)O[C@@H]([C@H](OC(C)=O)[C@@H]2OC(C)=O)[C@]4(C)O. The molecule has 0 aromatic carbocycles. The Balaban J connectivity index is 1.96. The van der Waals surface area contributed by atoms with Crippen molar-refractivity contribution in [1.29, 1.82) is 0 Å². The number of cyclic esters (lactones) is 1. The lowest BCUT2D eigenvalue weighted by molar-refractivity contribution is -0.377. The van der Waals surface area contributed by atoms with Gasteiger partial charge in [-0.25, -0.2) is 9.59 Å². The number of carbonyl (C=O) groups is 8. The Hall–Kier alpha value is -5.01. The molecule has 11 atom stereocenters. The first-order valence-electron chi connectivity index (χ1n) is 17.3. The Bertz CT molecular complexity index is 1820. The van der Waals surface area contributed by atoms with E-state index in [1.165, 1.54) is 25.4 Å². The summed E-state index contributed by atoms with van der Waals surface area (Å²) in [7, 11) is 0. The van der Waals surface area contributed by atoms with Gasteiger partial charge in [-0.2, -0.15) is 0 Å². The number of pyridine rings is 1. The topological polar surface area (TPSA) is 264 Å². The molecule has 55 heavy (non-hydrogen) atoms. The number of aliphatic hydroxyl groups is 2. The molecule has 300 valence electrons. The third-order valence-corrected chi connectivity index (χ3v) is 10.8. The molecule has 0 radical (unpaired) electrons. The van der Waals surface area contributed by atoms with Crippen molar-refractivity contribution in [3.8, 4) is 0 Å². The number of carbonyl (C=O) groups excluding carboxylic acids is 8. The van der Waals surface area contributed by atoms with Crippen LogP contribution in [0.5, 0.6) is 0 Å². The molecule has 5 rings (SSSR count). The minimum Gasteiger partial charge on any atom is -0.465 e. The second-order valence-electron chi connectivity index (χ2n) is 14.8. The number of esters is 7. The highest BCUT2D eigenvalue weighted by atomic mass is 16.7. The molecule has 1 saturated heterocycles. The van der Waals surface area contributed by atoms with E-state index in [-0.39, 0.29) is 17.5 Å². The number of rotatable bonds is 6. The van der Waals surface area contributed by atoms with E-state index in [4.69, 9.17) is 37.9 Å². The van der Waals surface area contributed by atoms with Crippen LogP contribution in [0.25, 0.3) is 0 Å². The molecular formula is C36H43NO18. The van der Waals surface area contributed by atoms with Crippen LogP contribution >= 0.6 is 0 Å². The predicted octanol–water partition coefficient (Wildman–Crippen LogP) is -0.385. The van der Waals surface area contributed by atoms with Crippen molar-refractivity contribution in [3.63, 3.8) is 0 Å². The molecule has 2 saturated carbocycles. The van der Waals surface area contributed by atoms with Crippen LogP contribution in [0.3, 0.4) is 0 Å². The first-order chi connectivity index (χ1) is 25.5. The molecule has 2 N–H and O–H groups in total. The van der Waals surface area contributed by atoms with E-state index in [0.717, 1.165) is 48.5 Å². The average Bonchev–Trinajstić information content (AvgIpc) is 3.30. The fourth-order valence-electron chi connectivity index (χ4n) is 8.62. The van der Waals surface area contributed by atoms with Crippen molar-refractivity contribution < 1.29 is 86.5 Å². The maximum atomic E-state index is 15.1. The van der Waals surface area contributed by atoms with Gasteiger partial charge in [0.2, 0.25) is 0 Å². The van der Waals surface area contributed by atoms with Gasteiger partial charge in [-0.1, -0.05) is 0 Å². The summed E-state index contributed by atoms with van der Waals surface area (Å²) in [5.74, 6) is -10.7. The number of hydrogen-bond donors (Lipinski definition) is 2. The molecule has 4 aliphatic rings. The van der Waals surface area contributed by atoms with Crippen LogP contribution < -0.4 is 0 Å². The Morgan fingerprint density at radius 2 is 1.45 bits per heavy atom. The number of aromatic nitrogens is 1. The number of nitrogens with zero attached hydrogens (tertiary/aromatic N) is 1. The molecule has 0 amide bonds. The first kappa shape index (κ1) is 41.2. The molecule has 2 aliphatic heterocycles. The molecule has 1 spiro atoms. The van der Waals surface area contributed by atoms with E-state index < -0.39 is 131 Å². The van der Waals surface area contributed by atoms with Gasteiger partial charge in [0.1, 0.15) is 35.9 Å². The van der Waals surface area contributed by atoms with Gasteiger partial charge in [-0.05, 0) is 45.2 Å². The highest BCUT2D eigenvalue weighted by molar-refractivity contribution is 5.94. The number of ether oxygens (including phenoxy) is 8. The Morgan fingerprint density at radius 1 is 0.855 bits per heavy atom. The summed E-state index contributed by atoms with van der Waals surface area (Å²) in [5.41, 5.74) is -12.9. The van der Waals surface area contributed by atoms with Crippen LogP contribution in [-0.4, -0.2) is 129 Å². The highest BCUT2D eigenvalue weighted by Gasteiger charge is 2.91. The van der Waals surface area contributed by atoms with Gasteiger partial charge in [0.25, 0.3) is 0 Å². The summed E-state index contributed by atoms with van der Waals surface area (Å²) in [5, 5.41) is 24.7. The van der Waals surface area contributed by atoms with E-state index in [1.54, 1.807) is 0 Å². The Morgan fingerprint density at radius 3 is 2.04 bits per heavy atom. The molecule has 1 aromatic rings. The van der Waals surface area contributed by atoms with Crippen molar-refractivity contribution >= 4 is 47.6 Å². The van der Waals surface area contributed by atoms with E-state index in [0.29, 0.717) is 0 Å². The van der Waals surface area contributed by atoms with Crippen molar-refractivity contribution in [3.05, 3.63) is 29.6 Å². The van der Waals surface area contributed by atoms with Gasteiger partial charge < -0.3 is 48.1 Å².